The van der Waals surface area contributed by atoms with E-state index in [1.54, 1.807) is 0 Å². The summed E-state index contributed by atoms with van der Waals surface area (Å²) in [6.45, 7) is 7.15. The molecule has 0 aliphatic carbocycles. The molecule has 0 rings (SSSR count). The molecule has 0 spiro atoms. The van der Waals surface area contributed by atoms with Crippen LogP contribution in [0.5, 0.6) is 0 Å². The third-order valence-corrected chi connectivity index (χ3v) is 2.19. The Hall–Kier alpha value is -1.32. The molecular formula is C11H19NO3. The SMILES string of the molecule is C=C(N)C(=O)OC(=O)C(CC)CCCC. The van der Waals surface area contributed by atoms with Gasteiger partial charge in [0.15, 0.2) is 0 Å². The lowest BCUT2D eigenvalue weighted by Crippen LogP contribution is -2.23. The molecule has 0 saturated carbocycles. The predicted octanol–water partition coefficient (Wildman–Crippen LogP) is 1.74. The number of nitrogens with two attached hydrogens (primary N) is 1. The molecule has 0 saturated heterocycles. The molecule has 4 nitrogen and oxygen atoms in total. The second-order valence-corrected chi connectivity index (χ2v) is 3.48. The average Bonchev–Trinajstić information content (AvgIpc) is 2.18. The number of hydrogen-bond donors (Lipinski definition) is 1. The third-order valence-electron chi connectivity index (χ3n) is 2.19. The molecule has 15 heavy (non-hydrogen) atoms. The van der Waals surface area contributed by atoms with Crippen molar-refractivity contribution >= 4 is 11.9 Å². The maximum Gasteiger partial charge on any atom is 0.361 e. The van der Waals surface area contributed by atoms with Gasteiger partial charge in [0.2, 0.25) is 0 Å². The summed E-state index contributed by atoms with van der Waals surface area (Å²) >= 11 is 0. The molecule has 2 N–H and O–H groups in total. The van der Waals surface area contributed by atoms with Crippen molar-refractivity contribution in [2.24, 2.45) is 11.7 Å². The fourth-order valence-electron chi connectivity index (χ4n) is 1.18. The van der Waals surface area contributed by atoms with E-state index in [4.69, 9.17) is 5.73 Å². The van der Waals surface area contributed by atoms with Gasteiger partial charge in [0.25, 0.3) is 0 Å². The Balaban J connectivity index is 4.15. The van der Waals surface area contributed by atoms with E-state index in [0.29, 0.717) is 6.42 Å². The molecule has 0 aliphatic rings. The number of unbranched alkanes of at least 4 members (excludes halogenated alkanes) is 1. The van der Waals surface area contributed by atoms with Gasteiger partial charge in [-0.1, -0.05) is 33.3 Å². The minimum Gasteiger partial charge on any atom is -0.393 e. The number of esters is 2. The normalized spacial score (nSPS) is 11.9. The Bertz CT molecular complexity index is 248. The summed E-state index contributed by atoms with van der Waals surface area (Å²) in [5.41, 5.74) is 4.86. The number of hydrogen-bond acceptors (Lipinski definition) is 4. The van der Waals surface area contributed by atoms with Gasteiger partial charge < -0.3 is 10.5 Å². The van der Waals surface area contributed by atoms with E-state index in [1.165, 1.54) is 0 Å². The average molecular weight is 213 g/mol. The summed E-state index contributed by atoms with van der Waals surface area (Å²) in [6.07, 6.45) is 3.38. The summed E-state index contributed by atoms with van der Waals surface area (Å²) in [6, 6.07) is 0. The first kappa shape index (κ1) is 13.7. The van der Waals surface area contributed by atoms with Gasteiger partial charge in [-0.15, -0.1) is 0 Å². The highest BCUT2D eigenvalue weighted by molar-refractivity contribution is 5.95. The molecule has 1 unspecified atom stereocenters. The largest absolute Gasteiger partial charge is 0.393 e. The molecule has 0 aromatic carbocycles. The quantitative estimate of drug-likeness (QED) is 0.414. The maximum atomic E-state index is 11.5. The molecule has 0 heterocycles. The van der Waals surface area contributed by atoms with Crippen molar-refractivity contribution in [3.63, 3.8) is 0 Å². The van der Waals surface area contributed by atoms with Crippen molar-refractivity contribution < 1.29 is 14.3 Å². The Morgan fingerprint density at radius 1 is 1.40 bits per heavy atom. The fourth-order valence-corrected chi connectivity index (χ4v) is 1.18. The molecule has 0 aliphatic heterocycles. The van der Waals surface area contributed by atoms with Crippen molar-refractivity contribution in [3.8, 4) is 0 Å². The molecule has 0 radical (unpaired) electrons. The van der Waals surface area contributed by atoms with Crippen LogP contribution in [-0.2, 0) is 14.3 Å². The summed E-state index contributed by atoms with van der Waals surface area (Å²) in [5.74, 6) is -1.55. The van der Waals surface area contributed by atoms with Gasteiger partial charge in [0.05, 0.1) is 5.92 Å². The van der Waals surface area contributed by atoms with E-state index in [2.05, 4.69) is 11.3 Å². The third kappa shape index (κ3) is 5.20. The Morgan fingerprint density at radius 3 is 2.40 bits per heavy atom. The van der Waals surface area contributed by atoms with Crippen LogP contribution in [0.2, 0.25) is 0 Å². The van der Waals surface area contributed by atoms with E-state index in [0.717, 1.165) is 19.3 Å². The first-order chi connectivity index (χ1) is 7.02. The van der Waals surface area contributed by atoms with Crippen LogP contribution in [-0.4, -0.2) is 11.9 Å². The first-order valence-electron chi connectivity index (χ1n) is 5.23. The second kappa shape index (κ2) is 7.04. The minimum atomic E-state index is -0.838. The van der Waals surface area contributed by atoms with Gasteiger partial charge in [0, 0.05) is 0 Å². The first-order valence-corrected chi connectivity index (χ1v) is 5.23. The van der Waals surface area contributed by atoms with Crippen molar-refractivity contribution in [1.82, 2.24) is 0 Å². The molecular weight excluding hydrogens is 194 g/mol. The smallest absolute Gasteiger partial charge is 0.361 e. The highest BCUT2D eigenvalue weighted by atomic mass is 16.6. The summed E-state index contributed by atoms with van der Waals surface area (Å²) < 4.78 is 4.56. The topological polar surface area (TPSA) is 69.4 Å². The fraction of sp³-hybridized carbons (Fsp3) is 0.636. The van der Waals surface area contributed by atoms with E-state index >= 15 is 0 Å². The zero-order valence-electron chi connectivity index (χ0n) is 9.41. The molecule has 86 valence electrons. The molecule has 0 bridgehead atoms. The van der Waals surface area contributed by atoms with Gasteiger partial charge in [-0.2, -0.15) is 0 Å². The molecule has 0 fully saturated rings. The van der Waals surface area contributed by atoms with Crippen LogP contribution >= 0.6 is 0 Å². The van der Waals surface area contributed by atoms with Crippen LogP contribution in [0.1, 0.15) is 39.5 Å². The van der Waals surface area contributed by atoms with Gasteiger partial charge in [0.1, 0.15) is 5.70 Å². The lowest BCUT2D eigenvalue weighted by atomic mass is 10.00. The lowest BCUT2D eigenvalue weighted by Gasteiger charge is -2.12. The molecule has 0 amide bonds. The number of carbonyl (C=O) groups is 2. The van der Waals surface area contributed by atoms with E-state index in [1.807, 2.05) is 13.8 Å². The maximum absolute atomic E-state index is 11.5. The van der Waals surface area contributed by atoms with E-state index < -0.39 is 11.9 Å². The van der Waals surface area contributed by atoms with E-state index in [9.17, 15) is 9.59 Å². The number of ether oxygens (including phenoxy) is 1. The Morgan fingerprint density at radius 2 is 2.00 bits per heavy atom. The van der Waals surface area contributed by atoms with Crippen LogP contribution in [0.15, 0.2) is 12.3 Å². The zero-order chi connectivity index (χ0) is 11.8. The number of carbonyl (C=O) groups excluding carboxylic acids is 2. The lowest BCUT2D eigenvalue weighted by molar-refractivity contribution is -0.160. The van der Waals surface area contributed by atoms with Crippen molar-refractivity contribution in [2.45, 2.75) is 39.5 Å². The summed E-state index contributed by atoms with van der Waals surface area (Å²) in [7, 11) is 0. The zero-order valence-corrected chi connectivity index (χ0v) is 9.41. The van der Waals surface area contributed by atoms with Gasteiger partial charge in [-0.25, -0.2) is 4.79 Å². The predicted molar refractivity (Wildman–Crippen MR) is 57.7 cm³/mol. The molecule has 1 atom stereocenters. The van der Waals surface area contributed by atoms with E-state index in [-0.39, 0.29) is 11.6 Å². The molecule has 4 heteroatoms. The van der Waals surface area contributed by atoms with Crippen LogP contribution in [0.25, 0.3) is 0 Å². The molecule has 0 aromatic rings. The van der Waals surface area contributed by atoms with Crippen LogP contribution in [0, 0.1) is 5.92 Å². The Kier molecular flexibility index (Phi) is 6.42. The summed E-state index contributed by atoms with van der Waals surface area (Å²) in [5, 5.41) is 0. The van der Waals surface area contributed by atoms with Crippen molar-refractivity contribution in [1.29, 1.82) is 0 Å². The van der Waals surface area contributed by atoms with Gasteiger partial charge in [-0.3, -0.25) is 4.79 Å². The minimum absolute atomic E-state index is 0.215. The van der Waals surface area contributed by atoms with Crippen LogP contribution in [0.3, 0.4) is 0 Å². The van der Waals surface area contributed by atoms with Gasteiger partial charge in [-0.05, 0) is 12.8 Å². The summed E-state index contributed by atoms with van der Waals surface area (Å²) in [4.78, 5) is 22.4. The monoisotopic (exact) mass is 213 g/mol. The van der Waals surface area contributed by atoms with Crippen LogP contribution < -0.4 is 5.73 Å². The number of rotatable bonds is 6. The highest BCUT2D eigenvalue weighted by Crippen LogP contribution is 2.14. The second-order valence-electron chi connectivity index (χ2n) is 3.48. The van der Waals surface area contributed by atoms with Gasteiger partial charge >= 0.3 is 11.9 Å². The molecule has 0 aromatic heterocycles. The highest BCUT2D eigenvalue weighted by Gasteiger charge is 2.20. The Labute approximate surface area is 90.5 Å². The standard InChI is InChI=1S/C11H19NO3/c1-4-6-7-9(5-2)11(14)15-10(13)8(3)12/h9H,3-7,12H2,1-2H3. The van der Waals surface area contributed by atoms with Crippen molar-refractivity contribution in [2.75, 3.05) is 0 Å². The van der Waals surface area contributed by atoms with Crippen molar-refractivity contribution in [3.05, 3.63) is 12.3 Å². The van der Waals surface area contributed by atoms with Crippen LogP contribution in [0.4, 0.5) is 0 Å².